The van der Waals surface area contributed by atoms with Crippen LogP contribution in [0.15, 0.2) is 23.1 Å². The average molecular weight is 354 g/mol. The number of benzene rings is 1. The van der Waals surface area contributed by atoms with Gasteiger partial charge in [0.2, 0.25) is 15.9 Å². The summed E-state index contributed by atoms with van der Waals surface area (Å²) >= 11 is 0. The summed E-state index contributed by atoms with van der Waals surface area (Å²) in [6.45, 7) is 0.953. The summed E-state index contributed by atoms with van der Waals surface area (Å²) in [5.74, 6) is 0.623. The van der Waals surface area contributed by atoms with Crippen molar-refractivity contribution in [3.8, 4) is 11.5 Å². The van der Waals surface area contributed by atoms with Crippen molar-refractivity contribution in [1.82, 2.24) is 9.62 Å². The van der Waals surface area contributed by atoms with Crippen LogP contribution in [0.25, 0.3) is 0 Å². The molecule has 1 amide bonds. The van der Waals surface area contributed by atoms with Gasteiger partial charge in [-0.1, -0.05) is 0 Å². The van der Waals surface area contributed by atoms with E-state index in [1.54, 1.807) is 6.07 Å². The van der Waals surface area contributed by atoms with Gasteiger partial charge in [0.05, 0.1) is 19.1 Å². The van der Waals surface area contributed by atoms with Gasteiger partial charge in [0.25, 0.3) is 0 Å². The van der Waals surface area contributed by atoms with Crippen LogP contribution in [0.3, 0.4) is 0 Å². The first kappa shape index (κ1) is 17.0. The highest BCUT2D eigenvalue weighted by atomic mass is 32.2. The number of methoxy groups -OCH3 is 2. The summed E-state index contributed by atoms with van der Waals surface area (Å²) in [6, 6.07) is 4.50. The van der Waals surface area contributed by atoms with Gasteiger partial charge in [-0.2, -0.15) is 4.31 Å². The fourth-order valence-corrected chi connectivity index (χ4v) is 5.49. The Morgan fingerprint density at radius 3 is 2.50 bits per heavy atom. The van der Waals surface area contributed by atoms with Crippen molar-refractivity contribution in [2.75, 3.05) is 27.3 Å². The number of hydrogen-bond donors (Lipinski definition) is 1. The average Bonchev–Trinajstić information content (AvgIpc) is 3.02. The van der Waals surface area contributed by atoms with Crippen molar-refractivity contribution in [2.24, 2.45) is 0 Å². The van der Waals surface area contributed by atoms with E-state index < -0.39 is 15.6 Å². The highest BCUT2D eigenvalue weighted by Gasteiger charge is 2.53. The van der Waals surface area contributed by atoms with E-state index in [2.05, 4.69) is 5.32 Å². The molecule has 8 heteroatoms. The molecule has 0 aromatic heterocycles. The number of ether oxygens (including phenoxy) is 2. The summed E-state index contributed by atoms with van der Waals surface area (Å²) in [6.07, 6.45) is 2.58. The zero-order chi connectivity index (χ0) is 17.4. The van der Waals surface area contributed by atoms with Crippen molar-refractivity contribution >= 4 is 15.9 Å². The van der Waals surface area contributed by atoms with E-state index in [0.717, 1.165) is 6.42 Å². The summed E-state index contributed by atoms with van der Waals surface area (Å²) < 4.78 is 38.1. The van der Waals surface area contributed by atoms with Gasteiger partial charge < -0.3 is 14.8 Å². The molecule has 2 aliphatic rings. The van der Waals surface area contributed by atoms with Gasteiger partial charge in [-0.25, -0.2) is 8.42 Å². The van der Waals surface area contributed by atoms with Gasteiger partial charge in [-0.05, 0) is 37.8 Å². The van der Waals surface area contributed by atoms with Crippen molar-refractivity contribution in [1.29, 1.82) is 0 Å². The summed E-state index contributed by atoms with van der Waals surface area (Å²) in [5, 5.41) is 2.82. The molecule has 0 radical (unpaired) electrons. The monoisotopic (exact) mass is 354 g/mol. The Bertz CT molecular complexity index is 749. The first-order chi connectivity index (χ1) is 11.5. The van der Waals surface area contributed by atoms with Crippen molar-refractivity contribution in [2.45, 2.75) is 36.1 Å². The molecule has 2 heterocycles. The van der Waals surface area contributed by atoms with Gasteiger partial charge in [0, 0.05) is 19.2 Å². The molecule has 2 fully saturated rings. The quantitative estimate of drug-likeness (QED) is 0.876. The third-order valence-electron chi connectivity index (χ3n) is 4.85. The molecule has 1 N–H and O–H groups in total. The topological polar surface area (TPSA) is 84.9 Å². The molecule has 0 aliphatic carbocycles. The lowest BCUT2D eigenvalue weighted by Gasteiger charge is -2.39. The number of amides is 1. The number of hydrogen-bond acceptors (Lipinski definition) is 5. The van der Waals surface area contributed by atoms with Crippen LogP contribution in [0.2, 0.25) is 0 Å². The van der Waals surface area contributed by atoms with Gasteiger partial charge in [0.15, 0.2) is 11.5 Å². The van der Waals surface area contributed by atoms with Crippen LogP contribution in [-0.2, 0) is 14.8 Å². The lowest BCUT2D eigenvalue weighted by Crippen LogP contribution is -2.60. The largest absolute Gasteiger partial charge is 0.493 e. The molecule has 24 heavy (non-hydrogen) atoms. The standard InChI is InChI=1S/C16H22N2O5S/c1-22-13-6-5-12(11-14(13)23-2)24(20,21)18-10-4-8-16(18)7-3-9-17-15(16)19/h5-6,11H,3-4,7-10H2,1-2H3,(H,17,19). The maximum absolute atomic E-state index is 13.2. The van der Waals surface area contributed by atoms with Crippen LogP contribution < -0.4 is 14.8 Å². The van der Waals surface area contributed by atoms with E-state index in [9.17, 15) is 13.2 Å². The zero-order valence-corrected chi connectivity index (χ0v) is 14.7. The molecule has 3 rings (SSSR count). The van der Waals surface area contributed by atoms with Crippen molar-refractivity contribution in [3.63, 3.8) is 0 Å². The van der Waals surface area contributed by atoms with Crippen molar-refractivity contribution < 1.29 is 22.7 Å². The van der Waals surface area contributed by atoms with E-state index in [-0.39, 0.29) is 10.8 Å². The Hall–Kier alpha value is -1.80. The Labute approximate surface area is 142 Å². The number of nitrogens with one attached hydrogen (secondary N) is 1. The summed E-state index contributed by atoms with van der Waals surface area (Å²) in [5.41, 5.74) is -0.954. The van der Waals surface area contributed by atoms with E-state index in [4.69, 9.17) is 9.47 Å². The first-order valence-corrected chi connectivity index (χ1v) is 9.43. The molecule has 1 atom stereocenters. The Morgan fingerprint density at radius 2 is 1.83 bits per heavy atom. The highest BCUT2D eigenvalue weighted by molar-refractivity contribution is 7.89. The van der Waals surface area contributed by atoms with E-state index in [1.807, 2.05) is 0 Å². The molecular weight excluding hydrogens is 332 g/mol. The zero-order valence-electron chi connectivity index (χ0n) is 13.9. The minimum absolute atomic E-state index is 0.111. The lowest BCUT2D eigenvalue weighted by atomic mass is 9.88. The van der Waals surface area contributed by atoms with Crippen LogP contribution in [0.4, 0.5) is 0 Å². The molecule has 0 bridgehead atoms. The molecule has 1 aromatic rings. The Morgan fingerprint density at radius 1 is 1.12 bits per heavy atom. The van der Waals surface area contributed by atoms with E-state index in [0.29, 0.717) is 43.9 Å². The predicted octanol–water partition coefficient (Wildman–Crippen LogP) is 1.14. The molecule has 1 aromatic carbocycles. The number of rotatable bonds is 4. The number of sulfonamides is 1. The maximum Gasteiger partial charge on any atom is 0.244 e. The van der Waals surface area contributed by atoms with Crippen LogP contribution >= 0.6 is 0 Å². The number of carbonyl (C=O) groups is 1. The summed E-state index contributed by atoms with van der Waals surface area (Å²) in [7, 11) is -0.848. The molecule has 1 spiro atoms. The fraction of sp³-hybridized carbons (Fsp3) is 0.562. The van der Waals surface area contributed by atoms with E-state index in [1.165, 1.54) is 30.7 Å². The van der Waals surface area contributed by atoms with Crippen LogP contribution in [0.1, 0.15) is 25.7 Å². The van der Waals surface area contributed by atoms with E-state index >= 15 is 0 Å². The van der Waals surface area contributed by atoms with Gasteiger partial charge in [0.1, 0.15) is 5.54 Å². The SMILES string of the molecule is COc1ccc(S(=O)(=O)N2CCCC23CCCNC3=O)cc1OC. The number of piperidine rings is 1. The molecule has 2 saturated heterocycles. The molecular formula is C16H22N2O5S. The number of nitrogens with zero attached hydrogens (tertiary/aromatic N) is 1. The van der Waals surface area contributed by atoms with Crippen LogP contribution in [0, 0.1) is 0 Å². The first-order valence-electron chi connectivity index (χ1n) is 7.99. The molecule has 2 aliphatic heterocycles. The van der Waals surface area contributed by atoms with Crippen LogP contribution in [-0.4, -0.2) is 51.5 Å². The van der Waals surface area contributed by atoms with Gasteiger partial charge in [-0.3, -0.25) is 4.79 Å². The second-order valence-electron chi connectivity index (χ2n) is 6.09. The minimum atomic E-state index is -3.80. The molecule has 7 nitrogen and oxygen atoms in total. The van der Waals surface area contributed by atoms with Gasteiger partial charge >= 0.3 is 0 Å². The van der Waals surface area contributed by atoms with Gasteiger partial charge in [-0.15, -0.1) is 0 Å². The summed E-state index contributed by atoms with van der Waals surface area (Å²) in [4.78, 5) is 12.6. The lowest BCUT2D eigenvalue weighted by molar-refractivity contribution is -0.131. The smallest absolute Gasteiger partial charge is 0.244 e. The normalized spacial score (nSPS) is 24.8. The number of carbonyl (C=O) groups excluding carboxylic acids is 1. The third-order valence-corrected chi connectivity index (χ3v) is 6.81. The third kappa shape index (κ3) is 2.53. The molecule has 1 unspecified atom stereocenters. The maximum atomic E-state index is 13.2. The Balaban J connectivity index is 2.02. The predicted molar refractivity (Wildman–Crippen MR) is 87.6 cm³/mol. The fourth-order valence-electron chi connectivity index (χ4n) is 3.65. The second kappa shape index (κ2) is 6.25. The molecule has 0 saturated carbocycles. The minimum Gasteiger partial charge on any atom is -0.493 e. The highest BCUT2D eigenvalue weighted by Crippen LogP contribution is 2.40. The second-order valence-corrected chi connectivity index (χ2v) is 7.95. The van der Waals surface area contributed by atoms with Crippen molar-refractivity contribution in [3.05, 3.63) is 18.2 Å². The van der Waals surface area contributed by atoms with Crippen LogP contribution in [0.5, 0.6) is 11.5 Å². The Kier molecular flexibility index (Phi) is 4.44. The molecule has 132 valence electrons.